The van der Waals surface area contributed by atoms with Crippen LogP contribution in [0.5, 0.6) is 0 Å². The molecule has 2 unspecified atom stereocenters. The lowest BCUT2D eigenvalue weighted by atomic mass is 9.94. The van der Waals surface area contributed by atoms with Crippen LogP contribution in [0.2, 0.25) is 0 Å². The number of hydrogen-bond donors (Lipinski definition) is 1. The lowest BCUT2D eigenvalue weighted by molar-refractivity contribution is 0.417. The van der Waals surface area contributed by atoms with Crippen molar-refractivity contribution in [1.82, 2.24) is 5.32 Å². The molecule has 1 aromatic carbocycles. The zero-order valence-electron chi connectivity index (χ0n) is 9.47. The van der Waals surface area contributed by atoms with Gasteiger partial charge in [-0.15, -0.1) is 0 Å². The average Bonchev–Trinajstić information content (AvgIpc) is 2.69. The van der Waals surface area contributed by atoms with E-state index in [2.05, 4.69) is 21.2 Å². The van der Waals surface area contributed by atoms with Crippen molar-refractivity contribution in [2.45, 2.75) is 31.7 Å². The Morgan fingerprint density at radius 1 is 1.44 bits per heavy atom. The van der Waals surface area contributed by atoms with Crippen LogP contribution in [0.3, 0.4) is 0 Å². The lowest BCUT2D eigenvalue weighted by Gasteiger charge is -2.19. The predicted molar refractivity (Wildman–Crippen MR) is 68.0 cm³/mol. The molecular formula is C13H17BrFN. The molecule has 0 bridgehead atoms. The molecule has 1 saturated carbocycles. The molecule has 1 fully saturated rings. The number of hydrogen-bond acceptors (Lipinski definition) is 1. The molecule has 0 saturated heterocycles. The van der Waals surface area contributed by atoms with Crippen LogP contribution in [-0.2, 0) is 6.42 Å². The first-order valence-electron chi connectivity index (χ1n) is 5.82. The van der Waals surface area contributed by atoms with E-state index in [-0.39, 0.29) is 5.82 Å². The molecule has 0 radical (unpaired) electrons. The van der Waals surface area contributed by atoms with Gasteiger partial charge in [-0.25, -0.2) is 4.39 Å². The van der Waals surface area contributed by atoms with Crippen molar-refractivity contribution in [3.8, 4) is 0 Å². The topological polar surface area (TPSA) is 12.0 Å². The first-order valence-corrected chi connectivity index (χ1v) is 6.61. The molecule has 0 amide bonds. The fourth-order valence-electron chi connectivity index (χ4n) is 2.63. The van der Waals surface area contributed by atoms with Crippen LogP contribution in [0.15, 0.2) is 22.7 Å². The summed E-state index contributed by atoms with van der Waals surface area (Å²) >= 11 is 3.28. The van der Waals surface area contributed by atoms with Crippen molar-refractivity contribution in [2.24, 2.45) is 5.92 Å². The summed E-state index contributed by atoms with van der Waals surface area (Å²) in [5.41, 5.74) is 0.843. The van der Waals surface area contributed by atoms with Crippen LogP contribution < -0.4 is 5.32 Å². The van der Waals surface area contributed by atoms with Gasteiger partial charge >= 0.3 is 0 Å². The van der Waals surface area contributed by atoms with Gasteiger partial charge in [0.25, 0.3) is 0 Å². The Hall–Kier alpha value is -0.410. The monoisotopic (exact) mass is 285 g/mol. The van der Waals surface area contributed by atoms with E-state index in [0.717, 1.165) is 16.5 Å². The number of halogens is 2. The lowest BCUT2D eigenvalue weighted by Crippen LogP contribution is -2.30. The van der Waals surface area contributed by atoms with Crippen molar-refractivity contribution in [3.05, 3.63) is 34.1 Å². The molecule has 3 heteroatoms. The molecule has 2 atom stereocenters. The fraction of sp³-hybridized carbons (Fsp3) is 0.538. The van der Waals surface area contributed by atoms with Gasteiger partial charge in [-0.3, -0.25) is 0 Å². The SMILES string of the molecule is CNC1CCCC1Cc1ccc(Br)cc1F. The number of nitrogens with one attached hydrogen (secondary N) is 1. The van der Waals surface area contributed by atoms with Crippen LogP contribution in [0.1, 0.15) is 24.8 Å². The maximum Gasteiger partial charge on any atom is 0.127 e. The van der Waals surface area contributed by atoms with Gasteiger partial charge in [0.05, 0.1) is 0 Å². The molecule has 0 aromatic heterocycles. The van der Waals surface area contributed by atoms with Crippen LogP contribution in [-0.4, -0.2) is 13.1 Å². The smallest absolute Gasteiger partial charge is 0.127 e. The summed E-state index contributed by atoms with van der Waals surface area (Å²) in [5, 5.41) is 3.33. The van der Waals surface area contributed by atoms with E-state index in [4.69, 9.17) is 0 Å². The van der Waals surface area contributed by atoms with Crippen molar-refractivity contribution >= 4 is 15.9 Å². The molecule has 1 nitrogen and oxygen atoms in total. The Morgan fingerprint density at radius 2 is 2.25 bits per heavy atom. The van der Waals surface area contributed by atoms with Gasteiger partial charge in [0, 0.05) is 10.5 Å². The minimum Gasteiger partial charge on any atom is -0.317 e. The maximum absolute atomic E-state index is 13.7. The highest BCUT2D eigenvalue weighted by Gasteiger charge is 2.26. The van der Waals surface area contributed by atoms with E-state index in [1.54, 1.807) is 6.07 Å². The van der Waals surface area contributed by atoms with Gasteiger partial charge in [0.2, 0.25) is 0 Å². The van der Waals surface area contributed by atoms with Gasteiger partial charge in [0.15, 0.2) is 0 Å². The summed E-state index contributed by atoms with van der Waals surface area (Å²) in [6, 6.07) is 5.92. The minimum absolute atomic E-state index is 0.0869. The van der Waals surface area contributed by atoms with Crippen LogP contribution in [0.25, 0.3) is 0 Å². The molecule has 1 aromatic rings. The quantitative estimate of drug-likeness (QED) is 0.896. The summed E-state index contributed by atoms with van der Waals surface area (Å²) in [5.74, 6) is 0.497. The second-order valence-corrected chi connectivity index (χ2v) is 5.44. The van der Waals surface area contributed by atoms with E-state index in [1.165, 1.54) is 19.3 Å². The Balaban J connectivity index is 2.08. The number of benzene rings is 1. The van der Waals surface area contributed by atoms with Crippen LogP contribution in [0, 0.1) is 11.7 Å². The first-order chi connectivity index (χ1) is 7.70. The van der Waals surface area contributed by atoms with Crippen molar-refractivity contribution in [3.63, 3.8) is 0 Å². The van der Waals surface area contributed by atoms with Gasteiger partial charge in [-0.2, -0.15) is 0 Å². The molecule has 1 aliphatic carbocycles. The highest BCUT2D eigenvalue weighted by atomic mass is 79.9. The number of rotatable bonds is 3. The molecule has 2 rings (SSSR count). The van der Waals surface area contributed by atoms with Crippen LogP contribution in [0.4, 0.5) is 4.39 Å². The van der Waals surface area contributed by atoms with E-state index in [0.29, 0.717) is 12.0 Å². The zero-order valence-corrected chi connectivity index (χ0v) is 11.1. The standard InChI is InChI=1S/C13H17BrFN/c1-16-13-4-2-3-10(13)7-9-5-6-11(14)8-12(9)15/h5-6,8,10,13,16H,2-4,7H2,1H3. The van der Waals surface area contributed by atoms with E-state index in [9.17, 15) is 4.39 Å². The summed E-state index contributed by atoms with van der Waals surface area (Å²) in [7, 11) is 2.00. The van der Waals surface area contributed by atoms with E-state index < -0.39 is 0 Å². The zero-order chi connectivity index (χ0) is 11.5. The Labute approximate surface area is 105 Å². The minimum atomic E-state index is -0.0869. The predicted octanol–water partition coefficient (Wildman–Crippen LogP) is 3.52. The largest absolute Gasteiger partial charge is 0.317 e. The second-order valence-electron chi connectivity index (χ2n) is 4.53. The summed E-state index contributed by atoms with van der Waals surface area (Å²) < 4.78 is 14.5. The summed E-state index contributed by atoms with van der Waals surface area (Å²) in [6.07, 6.45) is 4.54. The van der Waals surface area contributed by atoms with E-state index >= 15 is 0 Å². The third kappa shape index (κ3) is 2.64. The summed E-state index contributed by atoms with van der Waals surface area (Å²) in [6.45, 7) is 0. The molecule has 1 aliphatic rings. The normalized spacial score (nSPS) is 24.9. The van der Waals surface area contributed by atoms with Gasteiger partial charge in [-0.05, 0) is 49.9 Å². The van der Waals surface area contributed by atoms with E-state index in [1.807, 2.05) is 19.2 Å². The summed E-state index contributed by atoms with van der Waals surface area (Å²) in [4.78, 5) is 0. The molecule has 0 aliphatic heterocycles. The highest BCUT2D eigenvalue weighted by Crippen LogP contribution is 2.29. The fourth-order valence-corrected chi connectivity index (χ4v) is 2.96. The van der Waals surface area contributed by atoms with Crippen molar-refractivity contribution in [2.75, 3.05) is 7.05 Å². The average molecular weight is 286 g/mol. The van der Waals surface area contributed by atoms with Gasteiger partial charge in [-0.1, -0.05) is 28.4 Å². The maximum atomic E-state index is 13.7. The van der Waals surface area contributed by atoms with Crippen molar-refractivity contribution < 1.29 is 4.39 Å². The Morgan fingerprint density at radius 3 is 2.94 bits per heavy atom. The Bertz CT molecular complexity index is 367. The van der Waals surface area contributed by atoms with Crippen molar-refractivity contribution in [1.29, 1.82) is 0 Å². The molecule has 16 heavy (non-hydrogen) atoms. The highest BCUT2D eigenvalue weighted by molar-refractivity contribution is 9.10. The third-order valence-corrected chi connectivity index (χ3v) is 4.02. The Kier molecular flexibility index (Phi) is 3.98. The third-order valence-electron chi connectivity index (χ3n) is 3.53. The molecular weight excluding hydrogens is 269 g/mol. The van der Waals surface area contributed by atoms with Gasteiger partial charge < -0.3 is 5.32 Å². The molecule has 1 N–H and O–H groups in total. The molecule has 0 spiro atoms. The first kappa shape index (κ1) is 12.1. The second kappa shape index (κ2) is 5.28. The molecule has 0 heterocycles. The molecule has 88 valence electrons. The van der Waals surface area contributed by atoms with Gasteiger partial charge in [0.1, 0.15) is 5.82 Å². The van der Waals surface area contributed by atoms with Crippen LogP contribution >= 0.6 is 15.9 Å².